The summed E-state index contributed by atoms with van der Waals surface area (Å²) in [6.45, 7) is 4.03. The van der Waals surface area contributed by atoms with Crippen molar-refractivity contribution in [3.8, 4) is 0 Å². The van der Waals surface area contributed by atoms with Crippen LogP contribution in [0.1, 0.15) is 24.7 Å². The molecule has 0 spiro atoms. The van der Waals surface area contributed by atoms with Gasteiger partial charge in [-0.05, 0) is 17.7 Å². The molecule has 0 radical (unpaired) electrons. The van der Waals surface area contributed by atoms with E-state index in [1.54, 1.807) is 13.2 Å². The van der Waals surface area contributed by atoms with Gasteiger partial charge in [-0.15, -0.1) is 0 Å². The Hall–Kier alpha value is -2.41. The molecule has 1 aromatic heterocycles. The molecule has 1 amide bonds. The van der Waals surface area contributed by atoms with Gasteiger partial charge in [0.05, 0.1) is 17.1 Å². The number of anilines is 1. The first-order chi connectivity index (χ1) is 15.0. The lowest BCUT2D eigenvalue weighted by atomic mass is 10.2. The minimum atomic E-state index is -0.0311. The first-order valence-corrected chi connectivity index (χ1v) is 11.0. The second-order valence-electron chi connectivity index (χ2n) is 7.09. The molecular weight excluding hydrogens is 435 g/mol. The Bertz CT molecular complexity index is 1030. The number of hydrogen-bond donors (Lipinski definition) is 1. The highest BCUT2D eigenvalue weighted by Crippen LogP contribution is 2.32. The molecule has 8 heteroatoms. The van der Waals surface area contributed by atoms with E-state index >= 15 is 0 Å². The molecule has 0 aliphatic heterocycles. The molecule has 3 aromatic rings. The fourth-order valence-electron chi connectivity index (χ4n) is 3.23. The zero-order valence-electron chi connectivity index (χ0n) is 17.7. The van der Waals surface area contributed by atoms with E-state index in [1.807, 2.05) is 48.2 Å². The summed E-state index contributed by atoms with van der Waals surface area (Å²) in [5.41, 5.74) is 1.72. The Labute approximate surface area is 192 Å². The van der Waals surface area contributed by atoms with Crippen LogP contribution in [0.3, 0.4) is 0 Å². The highest BCUT2D eigenvalue weighted by atomic mass is 35.5. The number of carbonyl (C=O) groups excluding carboxylic acids is 1. The van der Waals surface area contributed by atoms with E-state index in [4.69, 9.17) is 32.9 Å². The van der Waals surface area contributed by atoms with Crippen molar-refractivity contribution in [3.63, 3.8) is 0 Å². The number of carbonyl (C=O) groups is 1. The first-order valence-electron chi connectivity index (χ1n) is 10.2. The van der Waals surface area contributed by atoms with Crippen LogP contribution in [0.2, 0.25) is 10.0 Å². The van der Waals surface area contributed by atoms with Gasteiger partial charge in [0.15, 0.2) is 0 Å². The van der Waals surface area contributed by atoms with E-state index in [9.17, 15) is 4.79 Å². The van der Waals surface area contributed by atoms with Crippen molar-refractivity contribution < 1.29 is 9.53 Å². The van der Waals surface area contributed by atoms with Gasteiger partial charge in [0.1, 0.15) is 11.6 Å². The maximum absolute atomic E-state index is 12.5. The summed E-state index contributed by atoms with van der Waals surface area (Å²) in [5.74, 6) is 1.36. The number of fused-ring (bicyclic) bond motifs is 1. The number of halogens is 2. The zero-order chi connectivity index (χ0) is 22.2. The lowest BCUT2D eigenvalue weighted by Gasteiger charge is -2.25. The molecule has 1 N–H and O–H groups in total. The highest BCUT2D eigenvalue weighted by molar-refractivity contribution is 6.38. The van der Waals surface area contributed by atoms with Crippen LogP contribution in [-0.4, -0.2) is 42.7 Å². The molecule has 2 aromatic carbocycles. The van der Waals surface area contributed by atoms with Crippen molar-refractivity contribution in [1.29, 1.82) is 0 Å². The number of nitrogens with zero attached hydrogens (tertiary/aromatic N) is 3. The molecule has 0 aliphatic carbocycles. The minimum Gasteiger partial charge on any atom is -0.383 e. The Morgan fingerprint density at radius 3 is 2.61 bits per heavy atom. The fraction of sp³-hybridized carbons (Fsp3) is 0.348. The van der Waals surface area contributed by atoms with Crippen molar-refractivity contribution in [2.75, 3.05) is 31.7 Å². The normalized spacial score (nSPS) is 11.0. The van der Waals surface area contributed by atoms with Gasteiger partial charge in [-0.2, -0.15) is 0 Å². The van der Waals surface area contributed by atoms with E-state index in [0.29, 0.717) is 66.3 Å². The summed E-state index contributed by atoms with van der Waals surface area (Å²) in [4.78, 5) is 23.8. The summed E-state index contributed by atoms with van der Waals surface area (Å²) in [6.07, 6.45) is 0.982. The molecule has 31 heavy (non-hydrogen) atoms. The molecule has 6 nitrogen and oxygen atoms in total. The lowest BCUT2D eigenvalue weighted by Crippen LogP contribution is -2.33. The second kappa shape index (κ2) is 11.3. The number of amides is 1. The number of ether oxygens (including phenoxy) is 1. The van der Waals surface area contributed by atoms with E-state index in [0.717, 1.165) is 10.9 Å². The Morgan fingerprint density at radius 1 is 1.13 bits per heavy atom. The summed E-state index contributed by atoms with van der Waals surface area (Å²) in [7, 11) is 1.65. The molecule has 164 valence electrons. The first kappa shape index (κ1) is 23.3. The highest BCUT2D eigenvalue weighted by Gasteiger charge is 2.18. The van der Waals surface area contributed by atoms with Gasteiger partial charge < -0.3 is 15.0 Å². The number of methoxy groups -OCH3 is 1. The van der Waals surface area contributed by atoms with Crippen molar-refractivity contribution in [2.45, 2.75) is 26.3 Å². The maximum atomic E-state index is 12.5. The van der Waals surface area contributed by atoms with E-state index in [2.05, 4.69) is 10.3 Å². The number of aromatic nitrogens is 2. The van der Waals surface area contributed by atoms with Crippen LogP contribution in [0.4, 0.5) is 5.82 Å². The van der Waals surface area contributed by atoms with Crippen molar-refractivity contribution in [1.82, 2.24) is 15.3 Å². The average Bonchev–Trinajstić information content (AvgIpc) is 2.78. The molecule has 3 rings (SSSR count). The molecule has 1 heterocycles. The number of rotatable bonds is 10. The lowest BCUT2D eigenvalue weighted by molar-refractivity contribution is -0.121. The Morgan fingerprint density at radius 2 is 1.90 bits per heavy atom. The van der Waals surface area contributed by atoms with Crippen LogP contribution in [0.15, 0.2) is 42.5 Å². The van der Waals surface area contributed by atoms with Crippen LogP contribution in [-0.2, 0) is 22.5 Å². The van der Waals surface area contributed by atoms with Gasteiger partial charge in [0.2, 0.25) is 5.91 Å². The van der Waals surface area contributed by atoms with Gasteiger partial charge in [-0.1, -0.05) is 60.5 Å². The van der Waals surface area contributed by atoms with Gasteiger partial charge in [-0.25, -0.2) is 9.97 Å². The summed E-state index contributed by atoms with van der Waals surface area (Å²) in [6, 6.07) is 13.3. The monoisotopic (exact) mass is 460 g/mol. The van der Waals surface area contributed by atoms with E-state index < -0.39 is 0 Å². The van der Waals surface area contributed by atoms with E-state index in [-0.39, 0.29) is 5.91 Å². The maximum Gasteiger partial charge on any atom is 0.222 e. The topological polar surface area (TPSA) is 67.4 Å². The molecule has 0 fully saturated rings. The molecule has 0 unspecified atom stereocenters. The van der Waals surface area contributed by atoms with E-state index in [1.165, 1.54) is 0 Å². The Balaban J connectivity index is 1.81. The van der Waals surface area contributed by atoms with Crippen LogP contribution in [0.25, 0.3) is 10.9 Å². The summed E-state index contributed by atoms with van der Waals surface area (Å²) >= 11 is 12.7. The predicted molar refractivity (Wildman–Crippen MR) is 126 cm³/mol. The average molecular weight is 461 g/mol. The predicted octanol–water partition coefficient (Wildman–Crippen LogP) is 4.66. The number of hydrogen-bond acceptors (Lipinski definition) is 5. The molecule has 0 bridgehead atoms. The third-order valence-electron chi connectivity index (χ3n) is 4.87. The zero-order valence-corrected chi connectivity index (χ0v) is 19.2. The molecule has 0 aliphatic rings. The van der Waals surface area contributed by atoms with Crippen molar-refractivity contribution in [3.05, 3.63) is 63.9 Å². The molecule has 0 saturated carbocycles. The number of nitrogens with one attached hydrogen (secondary N) is 1. The van der Waals surface area contributed by atoms with Gasteiger partial charge >= 0.3 is 0 Å². The molecular formula is C23H26Cl2N4O2. The van der Waals surface area contributed by atoms with Crippen LogP contribution < -0.4 is 10.2 Å². The van der Waals surface area contributed by atoms with Gasteiger partial charge in [0, 0.05) is 50.0 Å². The van der Waals surface area contributed by atoms with Crippen molar-refractivity contribution in [2.24, 2.45) is 0 Å². The molecule has 0 saturated heterocycles. The smallest absolute Gasteiger partial charge is 0.222 e. The van der Waals surface area contributed by atoms with Gasteiger partial charge in [-0.3, -0.25) is 4.79 Å². The minimum absolute atomic E-state index is 0.0311. The second-order valence-corrected chi connectivity index (χ2v) is 7.94. The van der Waals surface area contributed by atoms with Crippen LogP contribution >= 0.6 is 23.2 Å². The SMILES string of the molecule is CCc1nc(N(CCOC)CCC(=O)NCc2ccccc2)c2cc(Cl)cc(Cl)c2n1. The van der Waals surface area contributed by atoms with Gasteiger partial charge in [0.25, 0.3) is 0 Å². The quantitative estimate of drug-likeness (QED) is 0.476. The number of benzene rings is 2. The van der Waals surface area contributed by atoms with Crippen molar-refractivity contribution >= 4 is 45.8 Å². The van der Waals surface area contributed by atoms with Crippen LogP contribution in [0.5, 0.6) is 0 Å². The largest absolute Gasteiger partial charge is 0.383 e. The third-order valence-corrected chi connectivity index (χ3v) is 5.37. The third kappa shape index (κ3) is 6.29. The van der Waals surface area contributed by atoms with Crippen LogP contribution in [0, 0.1) is 0 Å². The number of aryl methyl sites for hydroxylation is 1. The summed E-state index contributed by atoms with van der Waals surface area (Å²) in [5, 5.41) is 4.72. The molecule has 0 atom stereocenters. The summed E-state index contributed by atoms with van der Waals surface area (Å²) < 4.78 is 5.28. The Kier molecular flexibility index (Phi) is 8.46. The standard InChI is InChI=1S/C23H26Cl2N4O2/c1-3-20-27-22-18(13-17(24)14-19(22)25)23(28-20)29(11-12-31-2)10-9-21(30)26-15-16-7-5-4-6-8-16/h4-8,13-14H,3,9-12,15H2,1-2H3,(H,26,30). The fourth-order valence-corrected chi connectivity index (χ4v) is 3.77.